The van der Waals surface area contributed by atoms with Gasteiger partial charge in [-0.15, -0.1) is 0 Å². The molecule has 1 rings (SSSR count). The Morgan fingerprint density at radius 3 is 2.94 bits per heavy atom. The standard InChI is InChI=1S/C12H23N3O/c1-3-16-10-4-5-11(13)6-7-12-8-9-14-15(12)2/h8-9,11H,3-7,10,13H2,1-2H3. The van der Waals surface area contributed by atoms with Crippen LogP contribution in [0.2, 0.25) is 0 Å². The summed E-state index contributed by atoms with van der Waals surface area (Å²) < 4.78 is 7.19. The van der Waals surface area contributed by atoms with E-state index < -0.39 is 0 Å². The summed E-state index contributed by atoms with van der Waals surface area (Å²) in [7, 11) is 1.97. The fourth-order valence-corrected chi connectivity index (χ4v) is 1.72. The quantitative estimate of drug-likeness (QED) is 0.682. The van der Waals surface area contributed by atoms with Crippen molar-refractivity contribution in [1.82, 2.24) is 9.78 Å². The Bertz CT molecular complexity index is 286. The lowest BCUT2D eigenvalue weighted by atomic mass is 10.1. The summed E-state index contributed by atoms with van der Waals surface area (Å²) in [5.41, 5.74) is 7.29. The maximum atomic E-state index is 6.04. The van der Waals surface area contributed by atoms with Gasteiger partial charge in [0.2, 0.25) is 0 Å². The van der Waals surface area contributed by atoms with E-state index in [4.69, 9.17) is 10.5 Å². The number of hydrogen-bond donors (Lipinski definition) is 1. The number of rotatable bonds is 8. The van der Waals surface area contributed by atoms with Crippen LogP contribution in [0.25, 0.3) is 0 Å². The minimum atomic E-state index is 0.273. The van der Waals surface area contributed by atoms with E-state index in [0.717, 1.165) is 38.9 Å². The number of aryl methyl sites for hydroxylation is 2. The second-order valence-electron chi connectivity index (χ2n) is 4.08. The predicted octanol–water partition coefficient (Wildman–Crippen LogP) is 1.50. The van der Waals surface area contributed by atoms with Crippen LogP contribution in [0.15, 0.2) is 12.3 Å². The van der Waals surface area contributed by atoms with Crippen LogP contribution in [0, 0.1) is 0 Å². The molecule has 0 amide bonds. The molecule has 0 aliphatic rings. The third kappa shape index (κ3) is 4.77. The molecular formula is C12H23N3O. The summed E-state index contributed by atoms with van der Waals surface area (Å²) in [4.78, 5) is 0. The molecule has 0 fully saturated rings. The van der Waals surface area contributed by atoms with Crippen molar-refractivity contribution >= 4 is 0 Å². The van der Waals surface area contributed by atoms with Crippen LogP contribution in [0.4, 0.5) is 0 Å². The molecule has 4 heteroatoms. The number of ether oxygens (including phenoxy) is 1. The molecule has 4 nitrogen and oxygen atoms in total. The third-order valence-corrected chi connectivity index (χ3v) is 2.76. The zero-order chi connectivity index (χ0) is 11.8. The van der Waals surface area contributed by atoms with Crippen molar-refractivity contribution in [3.63, 3.8) is 0 Å². The topological polar surface area (TPSA) is 53.1 Å². The van der Waals surface area contributed by atoms with Crippen LogP contribution < -0.4 is 5.73 Å². The molecule has 0 aliphatic heterocycles. The molecule has 0 saturated heterocycles. The van der Waals surface area contributed by atoms with Crippen LogP contribution in [-0.2, 0) is 18.2 Å². The molecule has 0 saturated carbocycles. The molecule has 1 aromatic rings. The van der Waals surface area contributed by atoms with E-state index in [9.17, 15) is 0 Å². The highest BCUT2D eigenvalue weighted by molar-refractivity contribution is 5.00. The average Bonchev–Trinajstić information content (AvgIpc) is 2.67. The van der Waals surface area contributed by atoms with Crippen LogP contribution >= 0.6 is 0 Å². The zero-order valence-electron chi connectivity index (χ0n) is 10.4. The maximum Gasteiger partial charge on any atom is 0.0492 e. The molecule has 1 aromatic heterocycles. The minimum absolute atomic E-state index is 0.273. The Balaban J connectivity index is 2.10. The summed E-state index contributed by atoms with van der Waals surface area (Å²) in [6.07, 6.45) is 5.95. The summed E-state index contributed by atoms with van der Waals surface area (Å²) >= 11 is 0. The lowest BCUT2D eigenvalue weighted by Gasteiger charge is -2.11. The van der Waals surface area contributed by atoms with Crippen LogP contribution in [0.1, 0.15) is 31.9 Å². The van der Waals surface area contributed by atoms with Gasteiger partial charge < -0.3 is 10.5 Å². The molecule has 16 heavy (non-hydrogen) atoms. The second kappa shape index (κ2) is 7.41. The average molecular weight is 225 g/mol. The lowest BCUT2D eigenvalue weighted by Crippen LogP contribution is -2.21. The van der Waals surface area contributed by atoms with Crippen LogP contribution in [-0.4, -0.2) is 29.0 Å². The Morgan fingerprint density at radius 1 is 1.50 bits per heavy atom. The Morgan fingerprint density at radius 2 is 2.31 bits per heavy atom. The molecule has 0 aliphatic carbocycles. The molecule has 0 radical (unpaired) electrons. The van der Waals surface area contributed by atoms with Gasteiger partial charge in [-0.25, -0.2) is 0 Å². The second-order valence-corrected chi connectivity index (χ2v) is 4.08. The Labute approximate surface area is 97.8 Å². The van der Waals surface area contributed by atoms with E-state index in [1.165, 1.54) is 5.69 Å². The van der Waals surface area contributed by atoms with Crippen molar-refractivity contribution in [2.45, 2.75) is 38.6 Å². The predicted molar refractivity (Wildman–Crippen MR) is 65.2 cm³/mol. The lowest BCUT2D eigenvalue weighted by molar-refractivity contribution is 0.141. The van der Waals surface area contributed by atoms with Crippen molar-refractivity contribution in [3.8, 4) is 0 Å². The van der Waals surface area contributed by atoms with Crippen molar-refractivity contribution in [1.29, 1.82) is 0 Å². The van der Waals surface area contributed by atoms with E-state index in [-0.39, 0.29) is 6.04 Å². The molecular weight excluding hydrogens is 202 g/mol. The summed E-state index contributed by atoms with van der Waals surface area (Å²) in [6, 6.07) is 2.32. The molecule has 0 aromatic carbocycles. The van der Waals surface area contributed by atoms with Gasteiger partial charge in [-0.2, -0.15) is 5.10 Å². The van der Waals surface area contributed by atoms with E-state index in [2.05, 4.69) is 5.10 Å². The van der Waals surface area contributed by atoms with E-state index in [1.807, 2.05) is 30.9 Å². The smallest absolute Gasteiger partial charge is 0.0492 e. The van der Waals surface area contributed by atoms with Crippen molar-refractivity contribution in [3.05, 3.63) is 18.0 Å². The molecule has 1 unspecified atom stereocenters. The number of nitrogens with two attached hydrogens (primary N) is 1. The first-order valence-electron chi connectivity index (χ1n) is 6.04. The van der Waals surface area contributed by atoms with Crippen LogP contribution in [0.5, 0.6) is 0 Å². The normalized spacial score (nSPS) is 12.9. The Kier molecular flexibility index (Phi) is 6.11. The highest BCUT2D eigenvalue weighted by Gasteiger charge is 2.05. The van der Waals surface area contributed by atoms with Crippen molar-refractivity contribution in [2.75, 3.05) is 13.2 Å². The summed E-state index contributed by atoms with van der Waals surface area (Å²) in [5.74, 6) is 0. The van der Waals surface area contributed by atoms with Crippen LogP contribution in [0.3, 0.4) is 0 Å². The molecule has 1 heterocycles. The van der Waals surface area contributed by atoms with E-state index in [1.54, 1.807) is 0 Å². The zero-order valence-corrected chi connectivity index (χ0v) is 10.4. The highest BCUT2D eigenvalue weighted by Crippen LogP contribution is 2.06. The van der Waals surface area contributed by atoms with Gasteiger partial charge in [-0.1, -0.05) is 0 Å². The van der Waals surface area contributed by atoms with Gasteiger partial charge in [0.15, 0.2) is 0 Å². The van der Waals surface area contributed by atoms with Gasteiger partial charge >= 0.3 is 0 Å². The molecule has 0 spiro atoms. The largest absolute Gasteiger partial charge is 0.382 e. The fraction of sp³-hybridized carbons (Fsp3) is 0.750. The summed E-state index contributed by atoms with van der Waals surface area (Å²) in [5, 5.41) is 4.14. The first-order valence-corrected chi connectivity index (χ1v) is 6.04. The van der Waals surface area contributed by atoms with Gasteiger partial charge in [0.25, 0.3) is 0 Å². The monoisotopic (exact) mass is 225 g/mol. The molecule has 2 N–H and O–H groups in total. The number of hydrogen-bond acceptors (Lipinski definition) is 3. The maximum absolute atomic E-state index is 6.04. The number of aromatic nitrogens is 2. The highest BCUT2D eigenvalue weighted by atomic mass is 16.5. The first-order chi connectivity index (χ1) is 7.74. The van der Waals surface area contributed by atoms with Gasteiger partial charge in [0, 0.05) is 38.2 Å². The van der Waals surface area contributed by atoms with Crippen molar-refractivity contribution < 1.29 is 4.74 Å². The number of nitrogens with zero attached hydrogens (tertiary/aromatic N) is 2. The Hall–Kier alpha value is -0.870. The molecule has 92 valence electrons. The van der Waals surface area contributed by atoms with Gasteiger partial charge in [-0.3, -0.25) is 4.68 Å². The minimum Gasteiger partial charge on any atom is -0.382 e. The molecule has 1 atom stereocenters. The molecule has 0 bridgehead atoms. The van der Waals surface area contributed by atoms with Gasteiger partial charge in [0.05, 0.1) is 0 Å². The van der Waals surface area contributed by atoms with E-state index >= 15 is 0 Å². The first kappa shape index (κ1) is 13.2. The SMILES string of the molecule is CCOCCCC(N)CCc1ccnn1C. The summed E-state index contributed by atoms with van der Waals surface area (Å²) in [6.45, 7) is 3.64. The third-order valence-electron chi connectivity index (χ3n) is 2.76. The van der Waals surface area contributed by atoms with Gasteiger partial charge in [0.1, 0.15) is 0 Å². The van der Waals surface area contributed by atoms with E-state index in [0.29, 0.717) is 0 Å². The van der Waals surface area contributed by atoms with Crippen molar-refractivity contribution in [2.24, 2.45) is 12.8 Å². The van der Waals surface area contributed by atoms with Gasteiger partial charge in [-0.05, 0) is 38.7 Å². The fourth-order valence-electron chi connectivity index (χ4n) is 1.72.